The molecular weight excluding hydrogens is 734 g/mol. The Bertz CT molecular complexity index is 2080. The van der Waals surface area contributed by atoms with Crippen molar-refractivity contribution in [2.24, 2.45) is 11.8 Å². The van der Waals surface area contributed by atoms with E-state index in [0.717, 1.165) is 45.7 Å². The first-order valence-corrected chi connectivity index (χ1v) is 18.9. The highest BCUT2D eigenvalue weighted by molar-refractivity contribution is 5.87. The number of benzene rings is 2. The number of carboxylic acid groups (broad SMARTS) is 1. The predicted molar refractivity (Wildman–Crippen MR) is 208 cm³/mol. The third-order valence-corrected chi connectivity index (χ3v) is 10.5. The van der Waals surface area contributed by atoms with Crippen LogP contribution in [-0.4, -0.2) is 116 Å². The van der Waals surface area contributed by atoms with Crippen LogP contribution in [-0.2, 0) is 19.1 Å². The predicted octanol–water partition coefficient (Wildman–Crippen LogP) is 5.38. The SMILES string of the molecule is COC(=O)NC(C(=O)N1CCCC1c1ncc(-c2ccc(-c3ccc(-c4cnc(C5CN(C(=O)O)CN5C(=O)C(NC(=O)OC)C(C)C)[nH]4)cc3)cc2)[nH]1)C(C)C. The third kappa shape index (κ3) is 8.71. The Morgan fingerprint density at radius 1 is 0.702 bits per heavy atom. The summed E-state index contributed by atoms with van der Waals surface area (Å²) in [5, 5.41) is 15.0. The molecule has 2 saturated heterocycles. The van der Waals surface area contributed by atoms with Gasteiger partial charge in [0.25, 0.3) is 0 Å². The molecule has 2 aliphatic rings. The van der Waals surface area contributed by atoms with E-state index >= 15 is 0 Å². The minimum Gasteiger partial charge on any atom is -0.465 e. The summed E-state index contributed by atoms with van der Waals surface area (Å²) in [6, 6.07) is 13.4. The van der Waals surface area contributed by atoms with Crippen molar-refractivity contribution < 1.29 is 38.6 Å². The summed E-state index contributed by atoms with van der Waals surface area (Å²) in [5.41, 5.74) is 5.27. The number of alkyl carbamates (subject to hydrolysis) is 2. The van der Waals surface area contributed by atoms with E-state index in [2.05, 4.69) is 30.6 Å². The van der Waals surface area contributed by atoms with Gasteiger partial charge < -0.3 is 45.0 Å². The van der Waals surface area contributed by atoms with Crippen molar-refractivity contribution >= 4 is 30.1 Å². The van der Waals surface area contributed by atoms with Crippen LogP contribution in [0.4, 0.5) is 14.4 Å². The number of imidazole rings is 2. The summed E-state index contributed by atoms with van der Waals surface area (Å²) in [7, 11) is 2.49. The maximum Gasteiger partial charge on any atom is 0.408 e. The molecule has 2 aromatic heterocycles. The molecule has 0 aliphatic carbocycles. The first-order valence-electron chi connectivity index (χ1n) is 18.9. The fourth-order valence-corrected chi connectivity index (χ4v) is 7.30. The number of aromatic nitrogens is 4. The van der Waals surface area contributed by atoms with Crippen LogP contribution >= 0.6 is 0 Å². The second-order valence-electron chi connectivity index (χ2n) is 14.9. The van der Waals surface area contributed by atoms with Gasteiger partial charge in [0.05, 0.1) is 57.3 Å². The molecular formula is C40H49N9O8. The third-order valence-electron chi connectivity index (χ3n) is 10.5. The molecule has 2 aliphatic heterocycles. The van der Waals surface area contributed by atoms with E-state index in [4.69, 9.17) is 9.47 Å². The van der Waals surface area contributed by atoms with Gasteiger partial charge >= 0.3 is 18.3 Å². The van der Waals surface area contributed by atoms with Gasteiger partial charge in [-0.25, -0.2) is 24.4 Å². The van der Waals surface area contributed by atoms with Crippen molar-refractivity contribution in [3.05, 3.63) is 72.6 Å². The monoisotopic (exact) mass is 783 g/mol. The van der Waals surface area contributed by atoms with Gasteiger partial charge in [0, 0.05) is 6.54 Å². The highest BCUT2D eigenvalue weighted by Gasteiger charge is 2.42. The fourth-order valence-electron chi connectivity index (χ4n) is 7.30. The average molecular weight is 784 g/mol. The normalized spacial score (nSPS) is 17.8. The number of methoxy groups -OCH3 is 2. The van der Waals surface area contributed by atoms with Crippen molar-refractivity contribution in [3.63, 3.8) is 0 Å². The molecule has 4 atom stereocenters. The Labute approximate surface area is 330 Å². The second kappa shape index (κ2) is 17.2. The van der Waals surface area contributed by atoms with Gasteiger partial charge in [0.15, 0.2) is 0 Å². The minimum atomic E-state index is -1.17. The lowest BCUT2D eigenvalue weighted by atomic mass is 10.0. The lowest BCUT2D eigenvalue weighted by Crippen LogP contribution is -2.51. The van der Waals surface area contributed by atoms with Crippen LogP contribution in [0, 0.1) is 11.8 Å². The molecule has 0 bridgehead atoms. The molecule has 0 radical (unpaired) electrons. The maximum absolute atomic E-state index is 13.7. The number of carbonyl (C=O) groups is 5. The van der Waals surface area contributed by atoms with Crippen molar-refractivity contribution in [1.29, 1.82) is 0 Å². The van der Waals surface area contributed by atoms with E-state index in [1.165, 1.54) is 19.1 Å². The summed E-state index contributed by atoms with van der Waals surface area (Å²) in [4.78, 5) is 83.3. The summed E-state index contributed by atoms with van der Waals surface area (Å²) < 4.78 is 9.45. The van der Waals surface area contributed by atoms with E-state index in [1.807, 2.05) is 62.4 Å². The zero-order valence-electron chi connectivity index (χ0n) is 32.8. The van der Waals surface area contributed by atoms with Gasteiger partial charge in [0.2, 0.25) is 11.8 Å². The number of hydrogen-bond acceptors (Lipinski definition) is 9. The lowest BCUT2D eigenvalue weighted by Gasteiger charge is -2.30. The first-order chi connectivity index (χ1) is 27.3. The van der Waals surface area contributed by atoms with Crippen LogP contribution in [0.1, 0.15) is 64.3 Å². The van der Waals surface area contributed by atoms with Gasteiger partial charge in [-0.05, 0) is 46.9 Å². The Morgan fingerprint density at radius 2 is 1.14 bits per heavy atom. The summed E-state index contributed by atoms with van der Waals surface area (Å²) in [6.45, 7) is 7.75. The average Bonchev–Trinajstić information content (AvgIpc) is 4.04. The van der Waals surface area contributed by atoms with Crippen LogP contribution in [0.3, 0.4) is 0 Å². The standard InChI is InChI=1S/C40H49N9O8/c1-22(2)32(45-38(52)56-5)36(50)48-17-7-8-30(48)34-41-18-28(43-34)26-13-9-24(10-14-26)25-11-15-27(16-12-25)29-19-42-35(44-29)31-20-47(40(54)55)21-49(31)37(51)33(23(3)4)46-39(53)57-6/h9-16,18-19,22-23,30-33H,7-8,17,20-21H2,1-6H3,(H,41,43)(H,42,44)(H,45,52)(H,46,53)(H,54,55). The molecule has 17 heteroatoms. The van der Waals surface area contributed by atoms with Crippen LogP contribution < -0.4 is 10.6 Å². The molecule has 5 N–H and O–H groups in total. The molecule has 0 spiro atoms. The Morgan fingerprint density at radius 3 is 1.58 bits per heavy atom. The molecule has 302 valence electrons. The molecule has 2 aromatic carbocycles. The minimum absolute atomic E-state index is 0.0134. The van der Waals surface area contributed by atoms with E-state index in [0.29, 0.717) is 23.9 Å². The molecule has 4 unspecified atom stereocenters. The zero-order valence-corrected chi connectivity index (χ0v) is 32.8. The highest BCUT2D eigenvalue weighted by Crippen LogP contribution is 2.34. The van der Waals surface area contributed by atoms with Gasteiger partial charge in [-0.3, -0.25) is 14.5 Å². The van der Waals surface area contributed by atoms with E-state index < -0.39 is 42.3 Å². The zero-order chi connectivity index (χ0) is 41.0. The van der Waals surface area contributed by atoms with Crippen LogP contribution in [0.2, 0.25) is 0 Å². The molecule has 2 fully saturated rings. The number of nitrogens with zero attached hydrogens (tertiary/aromatic N) is 5. The fraction of sp³-hybridized carbons (Fsp3) is 0.425. The maximum atomic E-state index is 13.7. The smallest absolute Gasteiger partial charge is 0.408 e. The molecule has 4 aromatic rings. The molecule has 5 amide bonds. The largest absolute Gasteiger partial charge is 0.465 e. The number of amides is 5. The number of carbonyl (C=O) groups excluding carboxylic acids is 4. The second-order valence-corrected chi connectivity index (χ2v) is 14.9. The number of likely N-dealkylation sites (tertiary alicyclic amines) is 1. The van der Waals surface area contributed by atoms with Gasteiger partial charge in [-0.2, -0.15) is 0 Å². The molecule has 4 heterocycles. The van der Waals surface area contributed by atoms with Gasteiger partial charge in [-0.15, -0.1) is 0 Å². The van der Waals surface area contributed by atoms with Crippen LogP contribution in [0.25, 0.3) is 33.6 Å². The van der Waals surface area contributed by atoms with Gasteiger partial charge in [-0.1, -0.05) is 76.2 Å². The van der Waals surface area contributed by atoms with Gasteiger partial charge in [0.1, 0.15) is 29.8 Å². The lowest BCUT2D eigenvalue weighted by molar-refractivity contribution is -0.136. The number of H-pyrrole nitrogens is 2. The number of nitrogens with one attached hydrogen (secondary N) is 4. The van der Waals surface area contributed by atoms with Crippen LogP contribution in [0.5, 0.6) is 0 Å². The summed E-state index contributed by atoms with van der Waals surface area (Å²) in [6.07, 6.45) is 2.44. The molecule has 0 saturated carbocycles. The molecule has 17 nitrogen and oxygen atoms in total. The Kier molecular flexibility index (Phi) is 12.1. The van der Waals surface area contributed by atoms with E-state index in [1.54, 1.807) is 31.1 Å². The Hall–Kier alpha value is -6.39. The number of rotatable bonds is 11. The molecule has 6 rings (SSSR count). The number of hydrogen-bond donors (Lipinski definition) is 5. The quantitative estimate of drug-likeness (QED) is 0.131. The number of ether oxygens (including phenoxy) is 2. The van der Waals surface area contributed by atoms with Crippen molar-refractivity contribution in [2.45, 2.75) is 64.7 Å². The highest BCUT2D eigenvalue weighted by atomic mass is 16.5. The summed E-state index contributed by atoms with van der Waals surface area (Å²) >= 11 is 0. The number of aromatic amines is 2. The summed E-state index contributed by atoms with van der Waals surface area (Å²) in [5.74, 6) is 0.104. The van der Waals surface area contributed by atoms with Crippen molar-refractivity contribution in [3.8, 4) is 33.6 Å². The topological polar surface area (TPSA) is 215 Å². The van der Waals surface area contributed by atoms with Crippen LogP contribution in [0.15, 0.2) is 60.9 Å². The van der Waals surface area contributed by atoms with E-state index in [9.17, 15) is 29.1 Å². The van der Waals surface area contributed by atoms with Crippen molar-refractivity contribution in [2.75, 3.05) is 34.0 Å². The first kappa shape index (κ1) is 40.3. The molecule has 57 heavy (non-hydrogen) atoms. The van der Waals surface area contributed by atoms with E-state index in [-0.39, 0.29) is 37.0 Å². The van der Waals surface area contributed by atoms with Crippen molar-refractivity contribution in [1.82, 2.24) is 45.3 Å². The Balaban J connectivity index is 1.13.